The molecule has 0 radical (unpaired) electrons. The molecule has 0 spiro atoms. The molecule has 0 saturated carbocycles. The third kappa shape index (κ3) is 4.56. The molecule has 0 aliphatic heterocycles. The van der Waals surface area contributed by atoms with Crippen LogP contribution in [0.25, 0.3) is 0 Å². The maximum absolute atomic E-state index is 11.8. The van der Waals surface area contributed by atoms with Gasteiger partial charge in [0.05, 0.1) is 15.7 Å². The molecule has 0 fully saturated rings. The van der Waals surface area contributed by atoms with E-state index in [2.05, 4.69) is 10.3 Å². The van der Waals surface area contributed by atoms with Crippen LogP contribution in [0.1, 0.15) is 11.4 Å². The molecule has 10 heteroatoms. The molecule has 0 unspecified atom stereocenters. The van der Waals surface area contributed by atoms with Gasteiger partial charge < -0.3 is 10.1 Å². The zero-order valence-electron chi connectivity index (χ0n) is 12.8. The Morgan fingerprint density at radius 3 is 2.67 bits per heavy atom. The minimum absolute atomic E-state index is 0.129. The summed E-state index contributed by atoms with van der Waals surface area (Å²) in [6, 6.07) is 1.46. The molecule has 2 rings (SSSR count). The predicted octanol–water partition coefficient (Wildman–Crippen LogP) is 2.41. The van der Waals surface area contributed by atoms with Gasteiger partial charge in [-0.2, -0.15) is 0 Å². The monoisotopic (exact) mass is 389 g/mol. The number of carbonyl (C=O) groups excluding carboxylic acids is 2. The van der Waals surface area contributed by atoms with Gasteiger partial charge in [0.2, 0.25) is 0 Å². The van der Waals surface area contributed by atoms with Gasteiger partial charge in [0, 0.05) is 11.1 Å². The van der Waals surface area contributed by atoms with Crippen molar-refractivity contribution in [3.05, 3.63) is 42.5 Å². The molecular formula is C14H13Cl2N3O4S. The highest BCUT2D eigenvalue weighted by molar-refractivity contribution is 7.07. The summed E-state index contributed by atoms with van der Waals surface area (Å²) in [5.74, 6) is -1.17. The fraction of sp³-hybridized carbons (Fsp3) is 0.286. The maximum Gasteiger partial charge on any atom is 0.326 e. The van der Waals surface area contributed by atoms with E-state index in [1.807, 2.05) is 0 Å². The van der Waals surface area contributed by atoms with E-state index in [4.69, 9.17) is 27.9 Å². The number of aryl methyl sites for hydroxylation is 2. The normalized spacial score (nSPS) is 10.5. The molecule has 0 bridgehead atoms. The van der Waals surface area contributed by atoms with E-state index >= 15 is 0 Å². The van der Waals surface area contributed by atoms with Gasteiger partial charge in [0.1, 0.15) is 6.54 Å². The fourth-order valence-electron chi connectivity index (χ4n) is 1.73. The number of thiazole rings is 1. The SMILES string of the molecule is Cc1nc(NC(=O)COC(=O)Cn2c(C)csc2=O)c(Cl)cc1Cl. The van der Waals surface area contributed by atoms with Crippen LogP contribution >= 0.6 is 34.5 Å². The van der Waals surface area contributed by atoms with Gasteiger partial charge in [-0.15, -0.1) is 0 Å². The summed E-state index contributed by atoms with van der Waals surface area (Å²) >= 11 is 12.8. The number of nitrogens with zero attached hydrogens (tertiary/aromatic N) is 2. The summed E-state index contributed by atoms with van der Waals surface area (Å²) in [6.07, 6.45) is 0. The van der Waals surface area contributed by atoms with Crippen LogP contribution in [0.2, 0.25) is 10.0 Å². The number of hydrogen-bond acceptors (Lipinski definition) is 6. The predicted molar refractivity (Wildman–Crippen MR) is 91.9 cm³/mol. The molecule has 2 aromatic rings. The summed E-state index contributed by atoms with van der Waals surface area (Å²) in [5.41, 5.74) is 1.15. The highest BCUT2D eigenvalue weighted by Gasteiger charge is 2.14. The van der Waals surface area contributed by atoms with Crippen molar-refractivity contribution in [3.8, 4) is 0 Å². The first-order valence-corrected chi connectivity index (χ1v) is 8.34. The Bertz CT molecular complexity index is 847. The smallest absolute Gasteiger partial charge is 0.326 e. The molecule has 1 N–H and O–H groups in total. The Kier molecular flexibility index (Phi) is 5.98. The Balaban J connectivity index is 1.90. The molecule has 0 aliphatic rings. The fourth-order valence-corrected chi connectivity index (χ4v) is 2.87. The highest BCUT2D eigenvalue weighted by Crippen LogP contribution is 2.25. The number of halogens is 2. The number of rotatable bonds is 5. The van der Waals surface area contributed by atoms with Crippen molar-refractivity contribution in [2.75, 3.05) is 11.9 Å². The highest BCUT2D eigenvalue weighted by atomic mass is 35.5. The van der Waals surface area contributed by atoms with Crippen LogP contribution in [0.4, 0.5) is 5.82 Å². The maximum atomic E-state index is 11.8. The van der Waals surface area contributed by atoms with E-state index in [1.54, 1.807) is 19.2 Å². The van der Waals surface area contributed by atoms with E-state index < -0.39 is 18.5 Å². The van der Waals surface area contributed by atoms with Crippen molar-refractivity contribution < 1.29 is 14.3 Å². The van der Waals surface area contributed by atoms with Crippen LogP contribution in [-0.4, -0.2) is 28.0 Å². The number of carbonyl (C=O) groups is 2. The Hall–Kier alpha value is -1.90. The molecule has 128 valence electrons. The molecule has 0 aromatic carbocycles. The van der Waals surface area contributed by atoms with E-state index in [-0.39, 0.29) is 22.3 Å². The third-order valence-electron chi connectivity index (χ3n) is 2.99. The zero-order valence-corrected chi connectivity index (χ0v) is 15.1. The first kappa shape index (κ1) is 18.4. The van der Waals surface area contributed by atoms with Gasteiger partial charge in [0.15, 0.2) is 12.4 Å². The lowest BCUT2D eigenvalue weighted by atomic mass is 10.3. The van der Waals surface area contributed by atoms with Gasteiger partial charge in [-0.05, 0) is 19.9 Å². The van der Waals surface area contributed by atoms with Crippen molar-refractivity contribution >= 4 is 52.2 Å². The third-order valence-corrected chi connectivity index (χ3v) is 4.54. The topological polar surface area (TPSA) is 90.3 Å². The van der Waals surface area contributed by atoms with Crippen LogP contribution < -0.4 is 10.2 Å². The summed E-state index contributed by atoms with van der Waals surface area (Å²) in [4.78, 5) is 38.8. The van der Waals surface area contributed by atoms with E-state index in [9.17, 15) is 14.4 Å². The molecule has 0 saturated heterocycles. The van der Waals surface area contributed by atoms with E-state index in [0.29, 0.717) is 16.4 Å². The molecule has 0 atom stereocenters. The number of aromatic nitrogens is 2. The number of ether oxygens (including phenoxy) is 1. The standard InChI is InChI=1S/C14H13Cl2N3O4S/c1-7-6-24-14(22)19(7)4-12(21)23-5-11(20)18-13-10(16)3-9(15)8(2)17-13/h3,6H,4-5H2,1-2H3,(H,17,18,20). The van der Waals surface area contributed by atoms with Crippen molar-refractivity contribution in [1.82, 2.24) is 9.55 Å². The molecular weight excluding hydrogens is 377 g/mol. The average molecular weight is 390 g/mol. The second-order valence-corrected chi connectivity index (χ2v) is 6.46. The molecule has 24 heavy (non-hydrogen) atoms. The second kappa shape index (κ2) is 7.78. The van der Waals surface area contributed by atoms with Crippen molar-refractivity contribution in [3.63, 3.8) is 0 Å². The summed E-state index contributed by atoms with van der Waals surface area (Å²) in [5, 5.41) is 4.62. The lowest BCUT2D eigenvalue weighted by molar-refractivity contribution is -0.147. The number of nitrogens with one attached hydrogen (secondary N) is 1. The van der Waals surface area contributed by atoms with Gasteiger partial charge in [0.25, 0.3) is 5.91 Å². The summed E-state index contributed by atoms with van der Waals surface area (Å²) in [6.45, 7) is 2.60. The van der Waals surface area contributed by atoms with Crippen LogP contribution in [0.15, 0.2) is 16.2 Å². The number of pyridine rings is 1. The van der Waals surface area contributed by atoms with E-state index in [0.717, 1.165) is 11.3 Å². The Morgan fingerprint density at radius 1 is 1.33 bits per heavy atom. The zero-order chi connectivity index (χ0) is 17.9. The number of esters is 1. The van der Waals surface area contributed by atoms with Crippen molar-refractivity contribution in [1.29, 1.82) is 0 Å². The van der Waals surface area contributed by atoms with Crippen molar-refractivity contribution in [2.45, 2.75) is 20.4 Å². The molecule has 7 nitrogen and oxygen atoms in total. The van der Waals surface area contributed by atoms with Gasteiger partial charge in [-0.25, -0.2) is 4.98 Å². The second-order valence-electron chi connectivity index (χ2n) is 4.82. The average Bonchev–Trinajstić information content (AvgIpc) is 2.82. The van der Waals surface area contributed by atoms with Crippen LogP contribution in [0.3, 0.4) is 0 Å². The molecule has 2 aromatic heterocycles. The van der Waals surface area contributed by atoms with Crippen LogP contribution in [0, 0.1) is 13.8 Å². The molecule has 1 amide bonds. The number of anilines is 1. The van der Waals surface area contributed by atoms with Gasteiger partial charge in [-0.3, -0.25) is 19.0 Å². The Morgan fingerprint density at radius 2 is 2.04 bits per heavy atom. The molecule has 0 aliphatic carbocycles. The van der Waals surface area contributed by atoms with Gasteiger partial charge in [-0.1, -0.05) is 34.5 Å². The largest absolute Gasteiger partial charge is 0.454 e. The quantitative estimate of drug-likeness (QED) is 0.792. The van der Waals surface area contributed by atoms with Crippen LogP contribution in [-0.2, 0) is 20.9 Å². The lowest BCUT2D eigenvalue weighted by Gasteiger charge is -2.09. The molecule has 2 heterocycles. The number of amides is 1. The van der Waals surface area contributed by atoms with E-state index in [1.165, 1.54) is 10.6 Å². The Labute approximate surface area is 151 Å². The van der Waals surface area contributed by atoms with Crippen LogP contribution in [0.5, 0.6) is 0 Å². The lowest BCUT2D eigenvalue weighted by Crippen LogP contribution is -2.26. The minimum atomic E-state index is -0.694. The van der Waals surface area contributed by atoms with Crippen molar-refractivity contribution in [2.24, 2.45) is 0 Å². The summed E-state index contributed by atoms with van der Waals surface area (Å²) in [7, 11) is 0. The number of hydrogen-bond donors (Lipinski definition) is 1. The minimum Gasteiger partial charge on any atom is -0.454 e. The first-order valence-electron chi connectivity index (χ1n) is 6.71. The first-order chi connectivity index (χ1) is 11.3. The summed E-state index contributed by atoms with van der Waals surface area (Å²) < 4.78 is 6.12. The van der Waals surface area contributed by atoms with Gasteiger partial charge >= 0.3 is 10.8 Å².